The van der Waals surface area contributed by atoms with E-state index >= 15 is 0 Å². The van der Waals surface area contributed by atoms with Crippen molar-refractivity contribution >= 4 is 6.03 Å². The molecule has 0 aliphatic carbocycles. The van der Waals surface area contributed by atoms with Crippen LogP contribution in [0, 0.1) is 0 Å². The van der Waals surface area contributed by atoms with E-state index in [0.717, 1.165) is 26.3 Å². The molecular formula is C10H20N4O. The Kier molecular flexibility index (Phi) is 2.39. The predicted molar refractivity (Wildman–Crippen MR) is 58.6 cm³/mol. The molecule has 2 aliphatic rings. The SMILES string of the molecule is CN1CN(C)C2(C1)CN(C(=O)N(C)C)C2. The van der Waals surface area contributed by atoms with E-state index in [9.17, 15) is 4.79 Å². The summed E-state index contributed by atoms with van der Waals surface area (Å²) in [6.45, 7) is 3.81. The molecule has 5 heteroatoms. The second kappa shape index (κ2) is 3.35. The number of urea groups is 1. The Balaban J connectivity index is 1.95. The van der Waals surface area contributed by atoms with E-state index in [4.69, 9.17) is 0 Å². The van der Waals surface area contributed by atoms with Crippen LogP contribution in [0.3, 0.4) is 0 Å². The minimum atomic E-state index is 0.128. The minimum absolute atomic E-state index is 0.128. The largest absolute Gasteiger partial charge is 0.331 e. The van der Waals surface area contributed by atoms with Gasteiger partial charge in [0.2, 0.25) is 0 Å². The van der Waals surface area contributed by atoms with Gasteiger partial charge in [-0.15, -0.1) is 0 Å². The minimum Gasteiger partial charge on any atom is -0.331 e. The molecule has 0 aromatic rings. The van der Waals surface area contributed by atoms with Crippen LogP contribution in [-0.2, 0) is 0 Å². The summed E-state index contributed by atoms with van der Waals surface area (Å²) < 4.78 is 0. The van der Waals surface area contributed by atoms with Crippen molar-refractivity contribution in [3.8, 4) is 0 Å². The maximum Gasteiger partial charge on any atom is 0.319 e. The monoisotopic (exact) mass is 212 g/mol. The van der Waals surface area contributed by atoms with E-state index in [1.165, 1.54) is 0 Å². The molecule has 2 rings (SSSR count). The highest BCUT2D eigenvalue weighted by atomic mass is 16.2. The first kappa shape index (κ1) is 10.7. The van der Waals surface area contributed by atoms with Gasteiger partial charge in [0.25, 0.3) is 0 Å². The number of hydrogen-bond acceptors (Lipinski definition) is 3. The van der Waals surface area contributed by atoms with Crippen LogP contribution in [0.1, 0.15) is 0 Å². The second-order valence-corrected chi connectivity index (χ2v) is 5.11. The van der Waals surface area contributed by atoms with Crippen LogP contribution >= 0.6 is 0 Å². The Morgan fingerprint density at radius 2 is 1.80 bits per heavy atom. The molecule has 2 saturated heterocycles. The third-order valence-electron chi connectivity index (χ3n) is 3.45. The maximum atomic E-state index is 11.7. The summed E-state index contributed by atoms with van der Waals surface area (Å²) >= 11 is 0. The van der Waals surface area contributed by atoms with Crippen LogP contribution in [0.5, 0.6) is 0 Å². The number of amides is 2. The number of nitrogens with zero attached hydrogens (tertiary/aromatic N) is 4. The van der Waals surface area contributed by atoms with E-state index in [1.54, 1.807) is 19.0 Å². The molecule has 15 heavy (non-hydrogen) atoms. The van der Waals surface area contributed by atoms with Gasteiger partial charge in [0.1, 0.15) is 0 Å². The molecule has 0 unspecified atom stereocenters. The van der Waals surface area contributed by atoms with Crippen LogP contribution in [-0.4, -0.2) is 85.7 Å². The molecule has 0 atom stereocenters. The van der Waals surface area contributed by atoms with E-state index in [1.807, 2.05) is 4.90 Å². The van der Waals surface area contributed by atoms with Crippen molar-refractivity contribution in [1.82, 2.24) is 19.6 Å². The summed E-state index contributed by atoms with van der Waals surface area (Å²) in [4.78, 5) is 19.9. The first-order chi connectivity index (χ1) is 6.94. The number of likely N-dealkylation sites (N-methyl/N-ethyl adjacent to an activating group) is 2. The van der Waals surface area contributed by atoms with Crippen molar-refractivity contribution in [3.05, 3.63) is 0 Å². The smallest absolute Gasteiger partial charge is 0.319 e. The maximum absolute atomic E-state index is 11.7. The van der Waals surface area contributed by atoms with Gasteiger partial charge >= 0.3 is 6.03 Å². The summed E-state index contributed by atoms with van der Waals surface area (Å²) in [6.07, 6.45) is 0. The van der Waals surface area contributed by atoms with Crippen molar-refractivity contribution in [2.45, 2.75) is 5.54 Å². The molecule has 0 bridgehead atoms. The third-order valence-corrected chi connectivity index (χ3v) is 3.45. The quantitative estimate of drug-likeness (QED) is 0.545. The lowest BCUT2D eigenvalue weighted by Gasteiger charge is -2.51. The third kappa shape index (κ3) is 1.59. The highest BCUT2D eigenvalue weighted by molar-refractivity contribution is 5.75. The number of hydrogen-bond donors (Lipinski definition) is 0. The van der Waals surface area contributed by atoms with Crippen molar-refractivity contribution in [3.63, 3.8) is 0 Å². The molecule has 5 nitrogen and oxygen atoms in total. The van der Waals surface area contributed by atoms with Gasteiger partial charge in [-0.2, -0.15) is 0 Å². The van der Waals surface area contributed by atoms with Gasteiger partial charge in [-0.25, -0.2) is 4.79 Å². The first-order valence-corrected chi connectivity index (χ1v) is 5.31. The Bertz CT molecular complexity index is 273. The summed E-state index contributed by atoms with van der Waals surface area (Å²) in [7, 11) is 7.87. The zero-order chi connectivity index (χ0) is 11.2. The molecule has 0 N–H and O–H groups in total. The van der Waals surface area contributed by atoms with Crippen LogP contribution in [0.4, 0.5) is 4.79 Å². The fraction of sp³-hybridized carbons (Fsp3) is 0.900. The average Bonchev–Trinajstić information content (AvgIpc) is 2.37. The predicted octanol–water partition coefficient (Wildman–Crippen LogP) is -0.443. The van der Waals surface area contributed by atoms with Gasteiger partial charge in [0.15, 0.2) is 0 Å². The molecule has 0 radical (unpaired) electrons. The molecular weight excluding hydrogens is 192 g/mol. The van der Waals surface area contributed by atoms with E-state index in [2.05, 4.69) is 23.9 Å². The van der Waals surface area contributed by atoms with Crippen LogP contribution in [0.25, 0.3) is 0 Å². The summed E-state index contributed by atoms with van der Waals surface area (Å²) in [5.41, 5.74) is 0.223. The number of rotatable bonds is 0. The van der Waals surface area contributed by atoms with Gasteiger partial charge in [-0.3, -0.25) is 9.80 Å². The standard InChI is InChI=1S/C10H20N4O/c1-11(2)9(15)14-6-10(7-14)5-12(3)8-13(10)4/h5-8H2,1-4H3. The van der Waals surface area contributed by atoms with Gasteiger partial charge in [0.05, 0.1) is 12.2 Å². The second-order valence-electron chi connectivity index (χ2n) is 5.11. The van der Waals surface area contributed by atoms with Crippen LogP contribution < -0.4 is 0 Å². The van der Waals surface area contributed by atoms with Crippen molar-refractivity contribution in [1.29, 1.82) is 0 Å². The summed E-state index contributed by atoms with van der Waals surface area (Å²) in [6, 6.07) is 0.128. The number of carbonyl (C=O) groups excluding carboxylic acids is 1. The van der Waals surface area contributed by atoms with E-state index in [-0.39, 0.29) is 11.6 Å². The van der Waals surface area contributed by atoms with Gasteiger partial charge < -0.3 is 9.80 Å². The average molecular weight is 212 g/mol. The molecule has 0 aromatic heterocycles. The van der Waals surface area contributed by atoms with Crippen molar-refractivity contribution in [2.24, 2.45) is 0 Å². The molecule has 86 valence electrons. The van der Waals surface area contributed by atoms with Gasteiger partial charge in [-0.05, 0) is 14.1 Å². The molecule has 2 fully saturated rings. The van der Waals surface area contributed by atoms with Crippen molar-refractivity contribution in [2.75, 3.05) is 54.5 Å². The Morgan fingerprint density at radius 3 is 2.20 bits per heavy atom. The normalized spacial score (nSPS) is 25.7. The topological polar surface area (TPSA) is 30.0 Å². The molecule has 2 aliphatic heterocycles. The summed E-state index contributed by atoms with van der Waals surface area (Å²) in [5, 5.41) is 0. The Hall–Kier alpha value is -0.810. The van der Waals surface area contributed by atoms with Crippen LogP contribution in [0.15, 0.2) is 0 Å². The van der Waals surface area contributed by atoms with E-state index in [0.29, 0.717) is 0 Å². The highest BCUT2D eigenvalue weighted by Crippen LogP contribution is 2.32. The lowest BCUT2D eigenvalue weighted by molar-refractivity contribution is 0.0106. The molecule has 0 saturated carbocycles. The van der Waals surface area contributed by atoms with Crippen LogP contribution in [0.2, 0.25) is 0 Å². The molecule has 1 spiro atoms. The lowest BCUT2D eigenvalue weighted by Crippen LogP contribution is -2.70. The lowest BCUT2D eigenvalue weighted by atomic mass is 9.90. The molecule has 0 aromatic carbocycles. The fourth-order valence-electron chi connectivity index (χ4n) is 2.61. The van der Waals surface area contributed by atoms with Gasteiger partial charge in [0, 0.05) is 33.7 Å². The number of likely N-dealkylation sites (tertiary alicyclic amines) is 1. The Labute approximate surface area is 91.2 Å². The summed E-state index contributed by atoms with van der Waals surface area (Å²) in [5.74, 6) is 0. The highest BCUT2D eigenvalue weighted by Gasteiger charge is 2.52. The Morgan fingerprint density at radius 1 is 1.20 bits per heavy atom. The first-order valence-electron chi connectivity index (χ1n) is 5.31. The van der Waals surface area contributed by atoms with Gasteiger partial charge in [-0.1, -0.05) is 0 Å². The molecule has 2 amide bonds. The zero-order valence-corrected chi connectivity index (χ0v) is 10.0. The van der Waals surface area contributed by atoms with E-state index < -0.39 is 0 Å². The molecule has 2 heterocycles. The zero-order valence-electron chi connectivity index (χ0n) is 10.0. The number of carbonyl (C=O) groups is 1. The fourth-order valence-corrected chi connectivity index (χ4v) is 2.61. The van der Waals surface area contributed by atoms with Crippen molar-refractivity contribution < 1.29 is 4.79 Å².